The molecule has 1 aromatic rings. The zero-order chi connectivity index (χ0) is 15.7. The number of benzene rings is 1. The Kier molecular flexibility index (Phi) is 3.50. The van der Waals surface area contributed by atoms with Crippen molar-refractivity contribution < 1.29 is 14.9 Å². The maximum Gasteiger partial charge on any atom is 0.319 e. The summed E-state index contributed by atoms with van der Waals surface area (Å²) in [4.78, 5) is 22.3. The largest absolute Gasteiger partial charge is 0.411 e. The number of non-ortho nitro benzene ring substituents is 1. The lowest BCUT2D eigenvalue weighted by Crippen LogP contribution is -2.46. The van der Waals surface area contributed by atoms with Gasteiger partial charge in [-0.1, -0.05) is 17.3 Å². The van der Waals surface area contributed by atoms with E-state index in [4.69, 9.17) is 0 Å². The number of urea groups is 1. The summed E-state index contributed by atoms with van der Waals surface area (Å²) in [6, 6.07) is 5.16. The normalized spacial score (nSPS) is 22.8. The molecule has 8 heteroatoms. The highest BCUT2D eigenvalue weighted by Crippen LogP contribution is 2.34. The molecular weight excluding hydrogens is 288 g/mol. The Labute approximate surface area is 125 Å². The lowest BCUT2D eigenvalue weighted by Gasteiger charge is -2.33. The summed E-state index contributed by atoms with van der Waals surface area (Å²) < 4.78 is 0. The Morgan fingerprint density at radius 2 is 2.18 bits per heavy atom. The van der Waals surface area contributed by atoms with Crippen LogP contribution in [0.4, 0.5) is 10.5 Å². The second-order valence-corrected chi connectivity index (χ2v) is 5.18. The second kappa shape index (κ2) is 5.47. The van der Waals surface area contributed by atoms with Crippen molar-refractivity contribution in [2.45, 2.75) is 25.3 Å². The Morgan fingerprint density at radius 3 is 2.91 bits per heavy atom. The number of nitrogens with one attached hydrogen (secondary N) is 2. The molecule has 2 aliphatic rings. The lowest BCUT2D eigenvalue weighted by atomic mass is 9.85. The summed E-state index contributed by atoms with van der Waals surface area (Å²) in [6.07, 6.45) is 2.05. The zero-order valence-electron chi connectivity index (χ0n) is 11.6. The van der Waals surface area contributed by atoms with E-state index in [1.54, 1.807) is 12.1 Å². The van der Waals surface area contributed by atoms with Crippen molar-refractivity contribution in [3.8, 4) is 0 Å². The monoisotopic (exact) mass is 302 g/mol. The number of carbonyl (C=O) groups excluding carboxylic acids is 1. The Bertz CT molecular complexity index is 711. The summed E-state index contributed by atoms with van der Waals surface area (Å²) in [5.41, 5.74) is 2.42. The fourth-order valence-electron chi connectivity index (χ4n) is 2.89. The summed E-state index contributed by atoms with van der Waals surface area (Å²) in [5.74, 6) is 0. The van der Waals surface area contributed by atoms with Gasteiger partial charge in [-0.25, -0.2) is 4.79 Å². The molecule has 8 nitrogen and oxygen atoms in total. The van der Waals surface area contributed by atoms with Gasteiger partial charge >= 0.3 is 6.03 Å². The van der Waals surface area contributed by atoms with Gasteiger partial charge in [0.25, 0.3) is 5.69 Å². The van der Waals surface area contributed by atoms with Crippen molar-refractivity contribution in [2.24, 2.45) is 5.16 Å². The smallest absolute Gasteiger partial charge is 0.319 e. The van der Waals surface area contributed by atoms with Gasteiger partial charge in [-0.15, -0.1) is 0 Å². The third kappa shape index (κ3) is 2.39. The molecule has 0 fully saturated rings. The van der Waals surface area contributed by atoms with Gasteiger partial charge in [0.05, 0.1) is 16.7 Å². The van der Waals surface area contributed by atoms with Crippen LogP contribution >= 0.6 is 0 Å². The molecule has 0 aromatic heterocycles. The van der Waals surface area contributed by atoms with Crippen LogP contribution in [0.2, 0.25) is 0 Å². The summed E-state index contributed by atoms with van der Waals surface area (Å²) in [7, 11) is 0. The van der Waals surface area contributed by atoms with E-state index in [9.17, 15) is 20.1 Å². The maximum absolute atomic E-state index is 11.8. The Hall–Kier alpha value is -2.90. The Morgan fingerprint density at radius 1 is 1.36 bits per heavy atom. The van der Waals surface area contributed by atoms with Crippen molar-refractivity contribution in [2.75, 3.05) is 0 Å². The number of amides is 2. The van der Waals surface area contributed by atoms with Crippen LogP contribution < -0.4 is 10.6 Å². The van der Waals surface area contributed by atoms with E-state index in [0.29, 0.717) is 35.4 Å². The van der Waals surface area contributed by atoms with E-state index in [1.165, 1.54) is 12.1 Å². The molecule has 1 aliphatic heterocycles. The fourth-order valence-corrected chi connectivity index (χ4v) is 2.89. The average molecular weight is 302 g/mol. The number of rotatable bonds is 2. The third-order valence-electron chi connectivity index (χ3n) is 3.84. The van der Waals surface area contributed by atoms with Gasteiger partial charge in [0.1, 0.15) is 0 Å². The molecule has 0 unspecified atom stereocenters. The number of hydrogen-bond donors (Lipinski definition) is 3. The van der Waals surface area contributed by atoms with E-state index in [1.807, 2.05) is 0 Å². The standard InChI is InChI=1S/C14H14N4O4/c19-14-15-10-5-2-6-11(17-20)12(10)13(16-14)8-3-1-4-9(7-8)18(21)22/h1,3-4,7,13,20H,2,5-6H2,(H2,15,16,19)/b17-11-/t13-/m1/s1. The first-order valence-corrected chi connectivity index (χ1v) is 6.86. The Balaban J connectivity index is 2.09. The molecule has 0 spiro atoms. The van der Waals surface area contributed by atoms with Crippen molar-refractivity contribution >= 4 is 17.4 Å². The van der Waals surface area contributed by atoms with Gasteiger partial charge in [0, 0.05) is 23.4 Å². The minimum atomic E-state index is -0.560. The zero-order valence-corrected chi connectivity index (χ0v) is 11.6. The van der Waals surface area contributed by atoms with Crippen LogP contribution in [0.3, 0.4) is 0 Å². The molecule has 0 bridgehead atoms. The average Bonchev–Trinajstić information content (AvgIpc) is 2.53. The van der Waals surface area contributed by atoms with Crippen molar-refractivity contribution in [3.05, 3.63) is 51.2 Å². The van der Waals surface area contributed by atoms with Crippen LogP contribution in [0.1, 0.15) is 30.9 Å². The number of nitro benzene ring substituents is 1. The highest BCUT2D eigenvalue weighted by molar-refractivity contribution is 6.04. The van der Waals surface area contributed by atoms with Gasteiger partial charge in [-0.2, -0.15) is 0 Å². The molecule has 1 aromatic carbocycles. The van der Waals surface area contributed by atoms with Gasteiger partial charge in [-0.3, -0.25) is 10.1 Å². The van der Waals surface area contributed by atoms with E-state index in [-0.39, 0.29) is 11.7 Å². The van der Waals surface area contributed by atoms with E-state index in [2.05, 4.69) is 15.8 Å². The minimum Gasteiger partial charge on any atom is -0.411 e. The molecule has 2 amide bonds. The number of nitro groups is 1. The van der Waals surface area contributed by atoms with Gasteiger partial charge in [0.15, 0.2) is 0 Å². The highest BCUT2D eigenvalue weighted by atomic mass is 16.6. The van der Waals surface area contributed by atoms with Gasteiger partial charge < -0.3 is 15.8 Å². The molecule has 22 heavy (non-hydrogen) atoms. The fraction of sp³-hybridized carbons (Fsp3) is 0.286. The van der Waals surface area contributed by atoms with E-state index < -0.39 is 11.0 Å². The first-order valence-electron chi connectivity index (χ1n) is 6.86. The SMILES string of the molecule is O=C1NC2=C(/C(=N\O)CCC2)[C@@H](c2cccc([N+](=O)[O-])c2)N1. The quantitative estimate of drug-likeness (QED) is 0.441. The van der Waals surface area contributed by atoms with Crippen LogP contribution in [0.25, 0.3) is 0 Å². The van der Waals surface area contributed by atoms with Crippen molar-refractivity contribution in [1.82, 2.24) is 10.6 Å². The molecule has 3 rings (SSSR count). The number of nitrogens with zero attached hydrogens (tertiary/aromatic N) is 2. The van der Waals surface area contributed by atoms with E-state index in [0.717, 1.165) is 6.42 Å². The first-order chi connectivity index (χ1) is 10.6. The number of carbonyl (C=O) groups is 1. The molecule has 1 atom stereocenters. The number of hydrogen-bond acceptors (Lipinski definition) is 5. The molecule has 0 saturated carbocycles. The molecule has 0 radical (unpaired) electrons. The van der Waals surface area contributed by atoms with Gasteiger partial charge in [-0.05, 0) is 24.8 Å². The van der Waals surface area contributed by atoms with Crippen molar-refractivity contribution in [1.29, 1.82) is 0 Å². The van der Waals surface area contributed by atoms with Crippen LogP contribution in [0, 0.1) is 10.1 Å². The summed E-state index contributed by atoms with van der Waals surface area (Å²) in [6.45, 7) is 0. The molecule has 114 valence electrons. The molecular formula is C14H14N4O4. The maximum atomic E-state index is 11.8. The van der Waals surface area contributed by atoms with Crippen LogP contribution in [0.15, 0.2) is 40.7 Å². The number of allylic oxidation sites excluding steroid dienone is 1. The predicted octanol–water partition coefficient (Wildman–Crippen LogP) is 2.22. The first kappa shape index (κ1) is 14.1. The van der Waals surface area contributed by atoms with E-state index >= 15 is 0 Å². The topological polar surface area (TPSA) is 117 Å². The predicted molar refractivity (Wildman–Crippen MR) is 77.6 cm³/mol. The lowest BCUT2D eigenvalue weighted by molar-refractivity contribution is -0.384. The highest BCUT2D eigenvalue weighted by Gasteiger charge is 2.34. The summed E-state index contributed by atoms with van der Waals surface area (Å²) >= 11 is 0. The second-order valence-electron chi connectivity index (χ2n) is 5.18. The number of oxime groups is 1. The van der Waals surface area contributed by atoms with Crippen LogP contribution in [-0.4, -0.2) is 21.9 Å². The molecule has 3 N–H and O–H groups in total. The van der Waals surface area contributed by atoms with Crippen LogP contribution in [0.5, 0.6) is 0 Å². The minimum absolute atomic E-state index is 0.0503. The molecule has 1 aliphatic carbocycles. The molecule has 1 heterocycles. The van der Waals surface area contributed by atoms with Gasteiger partial charge in [0.2, 0.25) is 0 Å². The van der Waals surface area contributed by atoms with Crippen molar-refractivity contribution in [3.63, 3.8) is 0 Å². The summed E-state index contributed by atoms with van der Waals surface area (Å²) in [5, 5.41) is 28.9. The van der Waals surface area contributed by atoms with Crippen LogP contribution in [-0.2, 0) is 0 Å². The molecule has 0 saturated heterocycles. The third-order valence-corrected chi connectivity index (χ3v) is 3.84.